The van der Waals surface area contributed by atoms with E-state index in [1.165, 1.54) is 6.07 Å². The number of carbonyl (C=O) groups excluding carboxylic acids is 1. The van der Waals surface area contributed by atoms with Crippen LogP contribution in [0.1, 0.15) is 32.3 Å². The summed E-state index contributed by atoms with van der Waals surface area (Å²) in [6.07, 6.45) is 1.95. The summed E-state index contributed by atoms with van der Waals surface area (Å²) in [4.78, 5) is 11.9. The van der Waals surface area contributed by atoms with E-state index in [-0.39, 0.29) is 41.8 Å². The Morgan fingerprint density at radius 1 is 1.36 bits per heavy atom. The summed E-state index contributed by atoms with van der Waals surface area (Å²) in [5.41, 5.74) is -0.0692. The summed E-state index contributed by atoms with van der Waals surface area (Å²) in [6, 6.07) is 3.80. The van der Waals surface area contributed by atoms with Crippen LogP contribution in [0.25, 0.3) is 0 Å². The maximum atomic E-state index is 13.5. The Hall–Kier alpha value is -1.20. The van der Waals surface area contributed by atoms with Gasteiger partial charge in [-0.2, -0.15) is 0 Å². The van der Waals surface area contributed by atoms with Gasteiger partial charge in [-0.25, -0.2) is 8.78 Å². The number of carbonyl (C=O) groups is 1. The van der Waals surface area contributed by atoms with E-state index < -0.39 is 11.6 Å². The highest BCUT2D eigenvalue weighted by atomic mass is 35.5. The summed E-state index contributed by atoms with van der Waals surface area (Å²) >= 11 is 0. The first-order chi connectivity index (χ1) is 9.90. The Labute approximate surface area is 136 Å². The molecule has 3 nitrogen and oxygen atoms in total. The lowest BCUT2D eigenvalue weighted by atomic mass is 9.77. The normalized spacial score (nSPS) is 20.1. The Morgan fingerprint density at radius 2 is 2.00 bits per heavy atom. The fourth-order valence-electron chi connectivity index (χ4n) is 2.76. The van der Waals surface area contributed by atoms with E-state index >= 15 is 0 Å². The average molecular weight is 333 g/mol. The molecule has 1 heterocycles. The van der Waals surface area contributed by atoms with Crippen molar-refractivity contribution in [1.82, 2.24) is 10.6 Å². The lowest BCUT2D eigenvalue weighted by molar-refractivity contribution is -0.120. The van der Waals surface area contributed by atoms with Crippen LogP contribution in [-0.4, -0.2) is 25.0 Å². The molecule has 22 heavy (non-hydrogen) atoms. The van der Waals surface area contributed by atoms with Gasteiger partial charge < -0.3 is 10.6 Å². The van der Waals surface area contributed by atoms with Crippen LogP contribution in [0.2, 0.25) is 0 Å². The molecular weight excluding hydrogens is 310 g/mol. The van der Waals surface area contributed by atoms with Crippen LogP contribution in [0.4, 0.5) is 8.78 Å². The molecule has 6 heteroatoms. The SMILES string of the molecule is CC1(C)CCCNC1CNC(=O)Cc1c(F)cccc1F.Cl. The van der Waals surface area contributed by atoms with Gasteiger partial charge in [0.05, 0.1) is 6.42 Å². The van der Waals surface area contributed by atoms with Crippen LogP contribution in [-0.2, 0) is 11.2 Å². The third-order valence-electron chi connectivity index (χ3n) is 4.23. The molecule has 0 aliphatic carbocycles. The minimum atomic E-state index is -0.679. The summed E-state index contributed by atoms with van der Waals surface area (Å²) in [5.74, 6) is -1.72. The van der Waals surface area contributed by atoms with Crippen molar-refractivity contribution < 1.29 is 13.6 Å². The molecule has 1 amide bonds. The molecule has 1 atom stereocenters. The monoisotopic (exact) mass is 332 g/mol. The lowest BCUT2D eigenvalue weighted by Gasteiger charge is -2.39. The molecule has 1 fully saturated rings. The van der Waals surface area contributed by atoms with E-state index in [4.69, 9.17) is 0 Å². The number of rotatable bonds is 4. The zero-order valence-corrected chi connectivity index (χ0v) is 13.7. The highest BCUT2D eigenvalue weighted by molar-refractivity contribution is 5.85. The van der Waals surface area contributed by atoms with E-state index in [2.05, 4.69) is 24.5 Å². The number of hydrogen-bond acceptors (Lipinski definition) is 2. The Kier molecular flexibility index (Phi) is 6.75. The second kappa shape index (κ2) is 7.88. The maximum absolute atomic E-state index is 13.5. The van der Waals surface area contributed by atoms with Crippen molar-refractivity contribution in [2.75, 3.05) is 13.1 Å². The minimum Gasteiger partial charge on any atom is -0.354 e. The number of nitrogens with one attached hydrogen (secondary N) is 2. The molecule has 1 unspecified atom stereocenters. The average Bonchev–Trinajstić information content (AvgIpc) is 2.41. The zero-order chi connectivity index (χ0) is 15.5. The fraction of sp³-hybridized carbons (Fsp3) is 0.562. The highest BCUT2D eigenvalue weighted by Crippen LogP contribution is 2.29. The standard InChI is InChI=1S/C16H22F2N2O.ClH/c1-16(2)7-4-8-19-14(16)10-20-15(21)9-11-12(17)5-3-6-13(11)18;/h3,5-6,14,19H,4,7-10H2,1-2H3,(H,20,21);1H. The lowest BCUT2D eigenvalue weighted by Crippen LogP contribution is -2.53. The van der Waals surface area contributed by atoms with Crippen molar-refractivity contribution in [3.8, 4) is 0 Å². The van der Waals surface area contributed by atoms with Gasteiger partial charge >= 0.3 is 0 Å². The maximum Gasteiger partial charge on any atom is 0.224 e. The Balaban J connectivity index is 0.00000242. The highest BCUT2D eigenvalue weighted by Gasteiger charge is 2.31. The van der Waals surface area contributed by atoms with Crippen molar-refractivity contribution in [3.63, 3.8) is 0 Å². The van der Waals surface area contributed by atoms with Crippen molar-refractivity contribution in [2.24, 2.45) is 5.41 Å². The zero-order valence-electron chi connectivity index (χ0n) is 12.9. The van der Waals surface area contributed by atoms with E-state index in [0.29, 0.717) is 6.54 Å². The van der Waals surface area contributed by atoms with Gasteiger partial charge in [0, 0.05) is 18.2 Å². The first-order valence-corrected chi connectivity index (χ1v) is 7.33. The predicted octanol–water partition coefficient (Wildman–Crippen LogP) is 2.82. The molecule has 2 rings (SSSR count). The first kappa shape index (κ1) is 18.8. The molecule has 124 valence electrons. The third-order valence-corrected chi connectivity index (χ3v) is 4.23. The van der Waals surface area contributed by atoms with Crippen molar-refractivity contribution >= 4 is 18.3 Å². The Morgan fingerprint density at radius 3 is 2.59 bits per heavy atom. The molecule has 1 aromatic rings. The summed E-state index contributed by atoms with van der Waals surface area (Å²) < 4.78 is 27.0. The second-order valence-electron chi connectivity index (χ2n) is 6.28. The van der Waals surface area contributed by atoms with E-state index in [1.54, 1.807) is 0 Å². The molecule has 0 spiro atoms. The molecular formula is C16H23ClF2N2O. The predicted molar refractivity (Wildman–Crippen MR) is 85.1 cm³/mol. The minimum absolute atomic E-state index is 0. The van der Waals surface area contributed by atoms with Crippen LogP contribution in [0.5, 0.6) is 0 Å². The van der Waals surface area contributed by atoms with Crippen molar-refractivity contribution in [2.45, 2.75) is 39.2 Å². The molecule has 2 N–H and O–H groups in total. The molecule has 0 saturated carbocycles. The van der Waals surface area contributed by atoms with Gasteiger partial charge in [-0.1, -0.05) is 19.9 Å². The van der Waals surface area contributed by atoms with Crippen LogP contribution in [0.15, 0.2) is 18.2 Å². The first-order valence-electron chi connectivity index (χ1n) is 7.33. The van der Waals surface area contributed by atoms with E-state index in [9.17, 15) is 13.6 Å². The van der Waals surface area contributed by atoms with Gasteiger partial charge in [-0.05, 0) is 36.9 Å². The number of piperidine rings is 1. The van der Waals surface area contributed by atoms with Gasteiger partial charge in [-0.3, -0.25) is 4.79 Å². The number of hydrogen-bond donors (Lipinski definition) is 2. The summed E-state index contributed by atoms with van der Waals surface area (Å²) in [6.45, 7) is 5.73. The molecule has 1 aliphatic heterocycles. The summed E-state index contributed by atoms with van der Waals surface area (Å²) in [7, 11) is 0. The number of halogens is 3. The Bertz CT molecular complexity index is 503. The van der Waals surface area contributed by atoms with Gasteiger partial charge in [0.1, 0.15) is 11.6 Å². The van der Waals surface area contributed by atoms with Gasteiger partial charge in [-0.15, -0.1) is 12.4 Å². The largest absolute Gasteiger partial charge is 0.354 e. The van der Waals surface area contributed by atoms with Crippen LogP contribution in [0, 0.1) is 17.0 Å². The molecule has 0 aromatic heterocycles. The van der Waals surface area contributed by atoms with Crippen LogP contribution < -0.4 is 10.6 Å². The van der Waals surface area contributed by atoms with Gasteiger partial charge in [0.25, 0.3) is 0 Å². The van der Waals surface area contributed by atoms with Gasteiger partial charge in [0.2, 0.25) is 5.91 Å². The number of amides is 1. The van der Waals surface area contributed by atoms with Crippen molar-refractivity contribution in [1.29, 1.82) is 0 Å². The summed E-state index contributed by atoms with van der Waals surface area (Å²) in [5, 5.41) is 6.16. The second-order valence-corrected chi connectivity index (χ2v) is 6.28. The quantitative estimate of drug-likeness (QED) is 0.890. The molecule has 0 radical (unpaired) electrons. The molecule has 1 aliphatic rings. The topological polar surface area (TPSA) is 41.1 Å². The van der Waals surface area contributed by atoms with E-state index in [1.807, 2.05) is 0 Å². The van der Waals surface area contributed by atoms with Gasteiger partial charge in [0.15, 0.2) is 0 Å². The van der Waals surface area contributed by atoms with Crippen molar-refractivity contribution in [3.05, 3.63) is 35.4 Å². The third kappa shape index (κ3) is 4.65. The smallest absolute Gasteiger partial charge is 0.224 e. The molecule has 1 saturated heterocycles. The molecule has 0 bridgehead atoms. The van der Waals surface area contributed by atoms with Crippen LogP contribution >= 0.6 is 12.4 Å². The van der Waals surface area contributed by atoms with Crippen LogP contribution in [0.3, 0.4) is 0 Å². The molecule has 1 aromatic carbocycles. The number of benzene rings is 1. The van der Waals surface area contributed by atoms with E-state index in [0.717, 1.165) is 31.5 Å². The fourth-order valence-corrected chi connectivity index (χ4v) is 2.76.